The average molecular weight is 298 g/mol. The van der Waals surface area contributed by atoms with Crippen LogP contribution in [0.5, 0.6) is 0 Å². The molecule has 4 heteroatoms. The van der Waals surface area contributed by atoms with Gasteiger partial charge in [0.15, 0.2) is 0 Å². The Hall–Kier alpha value is -1.00. The summed E-state index contributed by atoms with van der Waals surface area (Å²) in [5.41, 5.74) is 1.14. The van der Waals surface area contributed by atoms with Gasteiger partial charge in [-0.3, -0.25) is 0 Å². The zero-order valence-corrected chi connectivity index (χ0v) is 13.4. The van der Waals surface area contributed by atoms with E-state index >= 15 is 0 Å². The van der Waals surface area contributed by atoms with Crippen molar-refractivity contribution in [3.63, 3.8) is 0 Å². The third-order valence-electron chi connectivity index (χ3n) is 3.89. The molecule has 0 aliphatic rings. The second kappa shape index (κ2) is 9.85. The molecule has 0 aromatic heterocycles. The lowest BCUT2D eigenvalue weighted by molar-refractivity contribution is 0.151. The number of nitrogens with one attached hydrogen (secondary N) is 1. The van der Waals surface area contributed by atoms with Crippen molar-refractivity contribution in [2.45, 2.75) is 52.6 Å². The first-order chi connectivity index (χ1) is 10.1. The molecule has 2 nitrogen and oxygen atoms in total. The first-order valence-corrected chi connectivity index (χ1v) is 7.89. The van der Waals surface area contributed by atoms with E-state index in [4.69, 9.17) is 0 Å². The van der Waals surface area contributed by atoms with E-state index in [0.29, 0.717) is 6.04 Å². The maximum atomic E-state index is 12.5. The van der Waals surface area contributed by atoms with E-state index in [9.17, 15) is 8.78 Å². The number of alkyl halides is 2. The van der Waals surface area contributed by atoms with Crippen molar-refractivity contribution >= 4 is 0 Å². The minimum absolute atomic E-state index is 0.0889. The van der Waals surface area contributed by atoms with Gasteiger partial charge in [-0.1, -0.05) is 38.1 Å². The van der Waals surface area contributed by atoms with Gasteiger partial charge in [0, 0.05) is 18.2 Å². The molecule has 0 heterocycles. The fraction of sp³-hybridized carbons (Fsp3) is 0.647. The molecule has 0 aliphatic carbocycles. The molecule has 0 fully saturated rings. The maximum absolute atomic E-state index is 12.5. The lowest BCUT2D eigenvalue weighted by atomic mass is 10.1. The van der Waals surface area contributed by atoms with Crippen LogP contribution in [-0.2, 0) is 6.54 Å². The number of hydrogen-bond acceptors (Lipinski definition) is 2. The lowest BCUT2D eigenvalue weighted by Gasteiger charge is -2.19. The molecule has 0 radical (unpaired) electrons. The van der Waals surface area contributed by atoms with Crippen LogP contribution in [-0.4, -0.2) is 30.6 Å². The molecule has 1 N–H and O–H groups in total. The van der Waals surface area contributed by atoms with Crippen LogP contribution >= 0.6 is 0 Å². The normalized spacial score (nSPS) is 13.1. The second-order valence-electron chi connectivity index (χ2n) is 5.49. The van der Waals surface area contributed by atoms with Crippen LogP contribution in [0.4, 0.5) is 8.78 Å². The lowest BCUT2D eigenvalue weighted by Crippen LogP contribution is -2.28. The fourth-order valence-electron chi connectivity index (χ4n) is 2.34. The van der Waals surface area contributed by atoms with Crippen molar-refractivity contribution in [2.75, 3.05) is 19.6 Å². The summed E-state index contributed by atoms with van der Waals surface area (Å²) in [6.07, 6.45) is -0.0720. The minimum Gasteiger partial charge on any atom is -0.310 e. The molecule has 21 heavy (non-hydrogen) atoms. The minimum atomic E-state index is -2.38. The predicted molar refractivity (Wildman–Crippen MR) is 84.7 cm³/mol. The molecule has 1 unspecified atom stereocenters. The largest absolute Gasteiger partial charge is 0.310 e. The number of benzene rings is 1. The van der Waals surface area contributed by atoms with Gasteiger partial charge in [0.05, 0.1) is 0 Å². The van der Waals surface area contributed by atoms with Crippen molar-refractivity contribution in [1.82, 2.24) is 10.2 Å². The molecule has 1 atom stereocenters. The Morgan fingerprint density at radius 3 is 2.24 bits per heavy atom. The Morgan fingerprint density at radius 2 is 1.71 bits per heavy atom. The Bertz CT molecular complexity index is 375. The number of hydrogen-bond donors (Lipinski definition) is 1. The van der Waals surface area contributed by atoms with Gasteiger partial charge in [-0.15, -0.1) is 0 Å². The predicted octanol–water partition coefficient (Wildman–Crippen LogP) is 4.22. The van der Waals surface area contributed by atoms with Crippen molar-refractivity contribution in [3.8, 4) is 0 Å². The molecular weight excluding hydrogens is 270 g/mol. The highest BCUT2D eigenvalue weighted by atomic mass is 19.3. The monoisotopic (exact) mass is 298 g/mol. The van der Waals surface area contributed by atoms with Crippen LogP contribution < -0.4 is 5.32 Å². The van der Waals surface area contributed by atoms with E-state index in [1.165, 1.54) is 18.6 Å². The van der Waals surface area contributed by atoms with E-state index in [2.05, 4.69) is 31.0 Å². The van der Waals surface area contributed by atoms with E-state index in [0.717, 1.165) is 38.2 Å². The summed E-state index contributed by atoms with van der Waals surface area (Å²) in [4.78, 5) is 2.43. The van der Waals surface area contributed by atoms with Crippen LogP contribution in [0.25, 0.3) is 0 Å². The topological polar surface area (TPSA) is 15.3 Å². The van der Waals surface area contributed by atoms with Crippen LogP contribution in [0.3, 0.4) is 0 Å². The Labute approximate surface area is 127 Å². The number of rotatable bonds is 10. The van der Waals surface area contributed by atoms with E-state index in [-0.39, 0.29) is 5.56 Å². The first-order valence-electron chi connectivity index (χ1n) is 7.89. The third kappa shape index (κ3) is 7.00. The number of halogens is 2. The molecule has 0 amide bonds. The average Bonchev–Trinajstić information content (AvgIpc) is 2.50. The summed E-state index contributed by atoms with van der Waals surface area (Å²) in [5.74, 6) is 0. The number of nitrogens with zero attached hydrogens (tertiary/aromatic N) is 1. The van der Waals surface area contributed by atoms with E-state index < -0.39 is 6.43 Å². The van der Waals surface area contributed by atoms with Gasteiger partial charge in [-0.2, -0.15) is 0 Å². The molecular formula is C17H28F2N2. The summed E-state index contributed by atoms with van der Waals surface area (Å²) in [5, 5.41) is 3.45. The van der Waals surface area contributed by atoms with E-state index in [1.807, 2.05) is 0 Å². The summed E-state index contributed by atoms with van der Waals surface area (Å²) >= 11 is 0. The van der Waals surface area contributed by atoms with Crippen LogP contribution in [0, 0.1) is 0 Å². The zero-order chi connectivity index (χ0) is 15.7. The smallest absolute Gasteiger partial charge is 0.263 e. The SMILES string of the molecule is CCN(CC)CCCC(C)NCc1ccc(C(F)F)cc1. The van der Waals surface area contributed by atoms with Gasteiger partial charge < -0.3 is 10.2 Å². The molecule has 1 aromatic rings. The highest BCUT2D eigenvalue weighted by molar-refractivity contribution is 5.23. The quantitative estimate of drug-likeness (QED) is 0.695. The van der Waals surface area contributed by atoms with Gasteiger partial charge >= 0.3 is 0 Å². The second-order valence-corrected chi connectivity index (χ2v) is 5.49. The molecule has 0 bridgehead atoms. The molecule has 0 saturated carbocycles. The van der Waals surface area contributed by atoms with Gasteiger partial charge in [-0.05, 0) is 45.0 Å². The molecule has 0 aliphatic heterocycles. The molecule has 1 aromatic carbocycles. The van der Waals surface area contributed by atoms with Crippen molar-refractivity contribution < 1.29 is 8.78 Å². The maximum Gasteiger partial charge on any atom is 0.263 e. The first kappa shape index (κ1) is 18.1. The van der Waals surface area contributed by atoms with Gasteiger partial charge in [0.1, 0.15) is 0 Å². The zero-order valence-electron chi connectivity index (χ0n) is 13.4. The Kier molecular flexibility index (Phi) is 8.47. The summed E-state index contributed by atoms with van der Waals surface area (Å²) < 4.78 is 24.9. The van der Waals surface area contributed by atoms with Crippen molar-refractivity contribution in [1.29, 1.82) is 0 Å². The summed E-state index contributed by atoms with van der Waals surface area (Å²) in [6, 6.07) is 7.00. The third-order valence-corrected chi connectivity index (χ3v) is 3.89. The molecule has 0 spiro atoms. The van der Waals surface area contributed by atoms with Gasteiger partial charge in [0.25, 0.3) is 6.43 Å². The van der Waals surface area contributed by atoms with Crippen LogP contribution in [0.2, 0.25) is 0 Å². The van der Waals surface area contributed by atoms with Crippen LogP contribution in [0.15, 0.2) is 24.3 Å². The van der Waals surface area contributed by atoms with Gasteiger partial charge in [0.2, 0.25) is 0 Å². The molecule has 0 saturated heterocycles. The molecule has 120 valence electrons. The van der Waals surface area contributed by atoms with Crippen molar-refractivity contribution in [3.05, 3.63) is 35.4 Å². The van der Waals surface area contributed by atoms with E-state index in [1.54, 1.807) is 12.1 Å². The summed E-state index contributed by atoms with van der Waals surface area (Å²) in [7, 11) is 0. The van der Waals surface area contributed by atoms with Gasteiger partial charge in [-0.25, -0.2) is 8.78 Å². The van der Waals surface area contributed by atoms with Crippen LogP contribution in [0.1, 0.15) is 51.2 Å². The Balaban J connectivity index is 2.24. The van der Waals surface area contributed by atoms with Crippen molar-refractivity contribution in [2.24, 2.45) is 0 Å². The fourth-order valence-corrected chi connectivity index (χ4v) is 2.34. The Morgan fingerprint density at radius 1 is 1.10 bits per heavy atom. The highest BCUT2D eigenvalue weighted by Crippen LogP contribution is 2.18. The standard InChI is InChI=1S/C17H28F2N2/c1-4-21(5-2)12-6-7-14(3)20-13-15-8-10-16(11-9-15)17(18)19/h8-11,14,17,20H,4-7,12-13H2,1-3H3. The highest BCUT2D eigenvalue weighted by Gasteiger charge is 2.07. The molecule has 1 rings (SSSR count). The summed E-state index contributed by atoms with van der Waals surface area (Å²) in [6.45, 7) is 10.6.